The molecule has 0 aliphatic carbocycles. The Morgan fingerprint density at radius 2 is 2.11 bits per heavy atom. The van der Waals surface area contributed by atoms with Gasteiger partial charge in [0.15, 0.2) is 5.76 Å². The van der Waals surface area contributed by atoms with Gasteiger partial charge in [-0.3, -0.25) is 4.79 Å². The first-order valence-corrected chi connectivity index (χ1v) is 6.71. The average Bonchev–Trinajstić information content (AvgIpc) is 2.79. The Morgan fingerprint density at radius 1 is 1.47 bits per heavy atom. The molecule has 108 valence electrons. The van der Waals surface area contributed by atoms with Crippen LogP contribution in [-0.2, 0) is 6.42 Å². The van der Waals surface area contributed by atoms with Crippen molar-refractivity contribution in [2.45, 2.75) is 39.2 Å². The van der Waals surface area contributed by atoms with Crippen molar-refractivity contribution in [3.8, 4) is 0 Å². The summed E-state index contributed by atoms with van der Waals surface area (Å²) in [7, 11) is 1.98. The number of halogens is 1. The molecule has 1 aromatic heterocycles. The van der Waals surface area contributed by atoms with Gasteiger partial charge in [-0.05, 0) is 38.4 Å². The molecule has 5 heteroatoms. The maximum atomic E-state index is 12.3. The molecule has 1 aromatic rings. The van der Waals surface area contributed by atoms with E-state index in [0.29, 0.717) is 11.8 Å². The normalized spacial score (nSPS) is 16.3. The Kier molecular flexibility index (Phi) is 5.88. The predicted molar refractivity (Wildman–Crippen MR) is 78.1 cm³/mol. The van der Waals surface area contributed by atoms with E-state index in [1.54, 1.807) is 0 Å². The van der Waals surface area contributed by atoms with Gasteiger partial charge in [0.2, 0.25) is 0 Å². The van der Waals surface area contributed by atoms with Crippen LogP contribution in [0.5, 0.6) is 0 Å². The summed E-state index contributed by atoms with van der Waals surface area (Å²) < 4.78 is 5.62. The van der Waals surface area contributed by atoms with Gasteiger partial charge in [-0.1, -0.05) is 6.92 Å². The van der Waals surface area contributed by atoms with Crippen LogP contribution in [0.3, 0.4) is 0 Å². The number of likely N-dealkylation sites (tertiary alicyclic amines) is 1. The first kappa shape index (κ1) is 16.1. The van der Waals surface area contributed by atoms with Gasteiger partial charge < -0.3 is 14.6 Å². The highest BCUT2D eigenvalue weighted by molar-refractivity contribution is 5.91. The molecule has 0 unspecified atom stereocenters. The van der Waals surface area contributed by atoms with Crippen LogP contribution in [-0.4, -0.2) is 37.0 Å². The molecule has 1 saturated heterocycles. The number of rotatable bonds is 3. The van der Waals surface area contributed by atoms with Crippen molar-refractivity contribution in [2.75, 3.05) is 20.1 Å². The van der Waals surface area contributed by atoms with E-state index in [1.807, 2.05) is 31.9 Å². The summed E-state index contributed by atoms with van der Waals surface area (Å²) in [6.07, 6.45) is 2.87. The van der Waals surface area contributed by atoms with Crippen molar-refractivity contribution in [3.63, 3.8) is 0 Å². The lowest BCUT2D eigenvalue weighted by Gasteiger charge is -2.31. The lowest BCUT2D eigenvalue weighted by atomic mass is 10.1. The van der Waals surface area contributed by atoms with Crippen LogP contribution in [0.2, 0.25) is 0 Å². The van der Waals surface area contributed by atoms with Crippen molar-refractivity contribution in [2.24, 2.45) is 0 Å². The Morgan fingerprint density at radius 3 is 2.58 bits per heavy atom. The lowest BCUT2D eigenvalue weighted by molar-refractivity contribution is 0.0673. The molecule has 0 spiro atoms. The molecule has 2 rings (SSSR count). The molecular formula is C14H23ClN2O2. The summed E-state index contributed by atoms with van der Waals surface area (Å²) in [6, 6.07) is 2.41. The Hall–Kier alpha value is -1.00. The highest BCUT2D eigenvalue weighted by atomic mass is 35.5. The number of nitrogens with zero attached hydrogens (tertiary/aromatic N) is 1. The van der Waals surface area contributed by atoms with Crippen molar-refractivity contribution < 1.29 is 9.21 Å². The molecule has 2 heterocycles. The van der Waals surface area contributed by atoms with Gasteiger partial charge in [0.25, 0.3) is 5.91 Å². The van der Waals surface area contributed by atoms with E-state index in [4.69, 9.17) is 4.42 Å². The molecule has 1 fully saturated rings. The zero-order valence-electron chi connectivity index (χ0n) is 11.9. The standard InChI is InChI=1S/C14H22N2O2.ClH/c1-4-12-10(2)9-13(18-12)14(17)16-7-5-11(15-3)6-8-16;/h9,11,15H,4-8H2,1-3H3;1H. The predicted octanol–water partition coefficient (Wildman–Crippen LogP) is 2.40. The summed E-state index contributed by atoms with van der Waals surface area (Å²) >= 11 is 0. The smallest absolute Gasteiger partial charge is 0.289 e. The van der Waals surface area contributed by atoms with E-state index >= 15 is 0 Å². The number of nitrogens with one attached hydrogen (secondary N) is 1. The van der Waals surface area contributed by atoms with Gasteiger partial charge in [-0.25, -0.2) is 0 Å². The third kappa shape index (κ3) is 3.51. The SMILES string of the molecule is CCc1oc(C(=O)N2CCC(NC)CC2)cc1C.Cl. The summed E-state index contributed by atoms with van der Waals surface area (Å²) in [5, 5.41) is 3.26. The van der Waals surface area contributed by atoms with Crippen LogP contribution in [0.25, 0.3) is 0 Å². The van der Waals surface area contributed by atoms with E-state index < -0.39 is 0 Å². The van der Waals surface area contributed by atoms with Gasteiger partial charge >= 0.3 is 0 Å². The molecule has 1 aliphatic heterocycles. The minimum Gasteiger partial charge on any atom is -0.456 e. The van der Waals surface area contributed by atoms with Crippen molar-refractivity contribution in [1.82, 2.24) is 10.2 Å². The quantitative estimate of drug-likeness (QED) is 0.928. The van der Waals surface area contributed by atoms with Crippen molar-refractivity contribution in [1.29, 1.82) is 0 Å². The van der Waals surface area contributed by atoms with E-state index in [-0.39, 0.29) is 18.3 Å². The minimum atomic E-state index is 0. The average molecular weight is 287 g/mol. The second kappa shape index (κ2) is 6.96. The second-order valence-corrected chi connectivity index (χ2v) is 4.93. The van der Waals surface area contributed by atoms with Gasteiger partial charge in [-0.15, -0.1) is 12.4 Å². The third-order valence-corrected chi connectivity index (χ3v) is 3.74. The number of amides is 1. The molecular weight excluding hydrogens is 264 g/mol. The zero-order chi connectivity index (χ0) is 13.1. The number of hydrogen-bond donors (Lipinski definition) is 1. The second-order valence-electron chi connectivity index (χ2n) is 4.93. The summed E-state index contributed by atoms with van der Waals surface area (Å²) in [4.78, 5) is 14.2. The van der Waals surface area contributed by atoms with Crippen molar-refractivity contribution in [3.05, 3.63) is 23.2 Å². The minimum absolute atomic E-state index is 0. The highest BCUT2D eigenvalue weighted by Crippen LogP contribution is 2.19. The van der Waals surface area contributed by atoms with E-state index in [2.05, 4.69) is 5.32 Å². The van der Waals surface area contributed by atoms with E-state index in [1.165, 1.54) is 0 Å². The number of carbonyl (C=O) groups is 1. The molecule has 19 heavy (non-hydrogen) atoms. The first-order chi connectivity index (χ1) is 8.65. The van der Waals surface area contributed by atoms with Gasteiger partial charge in [0.1, 0.15) is 5.76 Å². The monoisotopic (exact) mass is 286 g/mol. The molecule has 0 bridgehead atoms. The molecule has 0 aromatic carbocycles. The number of carbonyl (C=O) groups excluding carboxylic acids is 1. The zero-order valence-corrected chi connectivity index (χ0v) is 12.7. The summed E-state index contributed by atoms with van der Waals surface area (Å²) in [5.74, 6) is 1.45. The van der Waals surface area contributed by atoms with Gasteiger partial charge in [0.05, 0.1) is 0 Å². The lowest BCUT2D eigenvalue weighted by Crippen LogP contribution is -2.43. The maximum Gasteiger partial charge on any atom is 0.289 e. The molecule has 1 amide bonds. The molecule has 1 aliphatic rings. The molecule has 0 radical (unpaired) electrons. The van der Waals surface area contributed by atoms with Crippen LogP contribution in [0.4, 0.5) is 0 Å². The van der Waals surface area contributed by atoms with E-state index in [0.717, 1.165) is 43.7 Å². The fourth-order valence-corrected chi connectivity index (χ4v) is 2.50. The van der Waals surface area contributed by atoms with Crippen LogP contribution in [0.1, 0.15) is 41.6 Å². The summed E-state index contributed by atoms with van der Waals surface area (Å²) in [6.45, 7) is 5.65. The largest absolute Gasteiger partial charge is 0.456 e. The Labute approximate surface area is 120 Å². The first-order valence-electron chi connectivity index (χ1n) is 6.71. The van der Waals surface area contributed by atoms with Crippen LogP contribution in [0, 0.1) is 6.92 Å². The number of hydrogen-bond acceptors (Lipinski definition) is 3. The Bertz CT molecular complexity index is 423. The third-order valence-electron chi connectivity index (χ3n) is 3.74. The maximum absolute atomic E-state index is 12.3. The number of aryl methyl sites for hydroxylation is 2. The molecule has 0 atom stereocenters. The van der Waals surface area contributed by atoms with Crippen LogP contribution < -0.4 is 5.32 Å². The Balaban J connectivity index is 0.00000180. The van der Waals surface area contributed by atoms with Crippen molar-refractivity contribution >= 4 is 18.3 Å². The molecule has 4 nitrogen and oxygen atoms in total. The van der Waals surface area contributed by atoms with Crippen LogP contribution >= 0.6 is 12.4 Å². The molecule has 1 N–H and O–H groups in total. The summed E-state index contributed by atoms with van der Waals surface area (Å²) in [5.41, 5.74) is 1.07. The topological polar surface area (TPSA) is 45.5 Å². The van der Waals surface area contributed by atoms with Gasteiger partial charge in [-0.2, -0.15) is 0 Å². The number of furan rings is 1. The fraction of sp³-hybridized carbons (Fsp3) is 0.643. The van der Waals surface area contributed by atoms with Gasteiger partial charge in [0, 0.05) is 25.6 Å². The van der Waals surface area contributed by atoms with Crippen LogP contribution in [0.15, 0.2) is 10.5 Å². The molecule has 0 saturated carbocycles. The fourth-order valence-electron chi connectivity index (χ4n) is 2.50. The van der Waals surface area contributed by atoms with E-state index in [9.17, 15) is 4.79 Å². The number of piperidine rings is 1. The highest BCUT2D eigenvalue weighted by Gasteiger charge is 2.25.